The van der Waals surface area contributed by atoms with Crippen molar-refractivity contribution in [1.29, 1.82) is 0 Å². The lowest BCUT2D eigenvalue weighted by Gasteiger charge is -2.13. The van der Waals surface area contributed by atoms with Gasteiger partial charge < -0.3 is 14.6 Å². The Hall–Kier alpha value is -2.44. The first-order valence-corrected chi connectivity index (χ1v) is 5.98. The van der Waals surface area contributed by atoms with Crippen molar-refractivity contribution in [2.75, 3.05) is 0 Å². The van der Waals surface area contributed by atoms with E-state index in [1.807, 2.05) is 0 Å². The third-order valence-electron chi connectivity index (χ3n) is 2.02. The number of ketones is 1. The zero-order valence-corrected chi connectivity index (χ0v) is 12.4. The maximum absolute atomic E-state index is 11.0. The molecule has 1 atom stereocenters. The SMILES string of the molecule is C=C(CCC(OC(C)=O)C(C)=O)C(=O)O.C=COC(C)=O. The van der Waals surface area contributed by atoms with Crippen LogP contribution >= 0.6 is 0 Å². The number of esters is 2. The highest BCUT2D eigenvalue weighted by Crippen LogP contribution is 2.10. The fraction of sp³-hybridized carbons (Fsp3) is 0.429. The van der Waals surface area contributed by atoms with Gasteiger partial charge in [-0.1, -0.05) is 13.2 Å². The number of carboxylic acid groups (broad SMARTS) is 1. The minimum absolute atomic E-state index is 0.00611. The topological polar surface area (TPSA) is 107 Å². The number of Topliss-reactive ketones (excluding diaryl/α,β-unsaturated/α-hetero) is 1. The second-order valence-electron chi connectivity index (χ2n) is 3.93. The molecule has 0 saturated carbocycles. The third-order valence-corrected chi connectivity index (χ3v) is 2.02. The van der Waals surface area contributed by atoms with Crippen LogP contribution in [0.25, 0.3) is 0 Å². The maximum atomic E-state index is 11.0. The van der Waals surface area contributed by atoms with Gasteiger partial charge in [-0.25, -0.2) is 4.79 Å². The van der Waals surface area contributed by atoms with Crippen molar-refractivity contribution in [3.05, 3.63) is 25.0 Å². The summed E-state index contributed by atoms with van der Waals surface area (Å²) in [5, 5.41) is 8.52. The van der Waals surface area contributed by atoms with Crippen molar-refractivity contribution >= 4 is 23.7 Å². The first kappa shape index (κ1) is 20.9. The summed E-state index contributed by atoms with van der Waals surface area (Å²) in [5.74, 6) is -2.30. The molecule has 1 N–H and O–H groups in total. The van der Waals surface area contributed by atoms with Crippen LogP contribution in [0.5, 0.6) is 0 Å². The molecule has 0 aliphatic heterocycles. The summed E-state index contributed by atoms with van der Waals surface area (Å²) in [7, 11) is 0. The number of carbonyl (C=O) groups is 4. The average molecular weight is 300 g/mol. The number of aliphatic carboxylic acids is 1. The molecule has 0 radical (unpaired) electrons. The van der Waals surface area contributed by atoms with E-state index in [0.717, 1.165) is 6.26 Å². The first-order chi connectivity index (χ1) is 9.61. The standard InChI is InChI=1S/C10H14O5.C4H6O2/c1-6(10(13)14)4-5-9(7(2)11)15-8(3)12;1-3-6-4(2)5/h9H,1,4-5H2,2-3H3,(H,13,14);3H,1H2,2H3. The van der Waals surface area contributed by atoms with Crippen molar-refractivity contribution in [2.24, 2.45) is 0 Å². The van der Waals surface area contributed by atoms with Crippen LogP contribution in [-0.4, -0.2) is 34.9 Å². The molecule has 0 amide bonds. The first-order valence-electron chi connectivity index (χ1n) is 5.98. The molecule has 0 bridgehead atoms. The summed E-state index contributed by atoms with van der Waals surface area (Å²) in [6, 6.07) is 0. The summed E-state index contributed by atoms with van der Waals surface area (Å²) < 4.78 is 8.89. The summed E-state index contributed by atoms with van der Waals surface area (Å²) in [4.78, 5) is 41.8. The second-order valence-corrected chi connectivity index (χ2v) is 3.93. The van der Waals surface area contributed by atoms with Crippen molar-refractivity contribution < 1.29 is 33.8 Å². The summed E-state index contributed by atoms with van der Waals surface area (Å²) >= 11 is 0. The van der Waals surface area contributed by atoms with Crippen LogP contribution in [0.3, 0.4) is 0 Å². The lowest BCUT2D eigenvalue weighted by Crippen LogP contribution is -2.24. The van der Waals surface area contributed by atoms with Gasteiger partial charge in [-0.3, -0.25) is 14.4 Å². The molecule has 0 aromatic rings. The smallest absolute Gasteiger partial charge is 0.330 e. The molecule has 0 aliphatic rings. The number of hydrogen-bond acceptors (Lipinski definition) is 6. The van der Waals surface area contributed by atoms with Crippen molar-refractivity contribution in [2.45, 2.75) is 39.7 Å². The number of hydrogen-bond donors (Lipinski definition) is 1. The lowest BCUT2D eigenvalue weighted by molar-refractivity contribution is -0.152. The van der Waals surface area contributed by atoms with Gasteiger partial charge in [0, 0.05) is 19.4 Å². The van der Waals surface area contributed by atoms with E-state index in [1.54, 1.807) is 0 Å². The van der Waals surface area contributed by atoms with Gasteiger partial charge in [0.1, 0.15) is 0 Å². The van der Waals surface area contributed by atoms with Gasteiger partial charge in [0.25, 0.3) is 0 Å². The molecular weight excluding hydrogens is 280 g/mol. The lowest BCUT2D eigenvalue weighted by atomic mass is 10.1. The van der Waals surface area contributed by atoms with Gasteiger partial charge in [0.05, 0.1) is 6.26 Å². The quantitative estimate of drug-likeness (QED) is 0.432. The molecule has 1 unspecified atom stereocenters. The van der Waals surface area contributed by atoms with Crippen molar-refractivity contribution in [3.8, 4) is 0 Å². The molecule has 0 fully saturated rings. The molecule has 0 saturated heterocycles. The Kier molecular flexibility index (Phi) is 11.3. The predicted molar refractivity (Wildman–Crippen MR) is 74.2 cm³/mol. The summed E-state index contributed by atoms with van der Waals surface area (Å²) in [6.07, 6.45) is 0.494. The summed E-state index contributed by atoms with van der Waals surface area (Å²) in [6.45, 7) is 10.3. The number of ether oxygens (including phenoxy) is 2. The highest BCUT2D eigenvalue weighted by molar-refractivity contribution is 5.86. The Labute approximate surface area is 123 Å². The highest BCUT2D eigenvalue weighted by atomic mass is 16.5. The van der Waals surface area contributed by atoms with Gasteiger partial charge in [-0.05, 0) is 19.8 Å². The highest BCUT2D eigenvalue weighted by Gasteiger charge is 2.18. The van der Waals surface area contributed by atoms with E-state index in [9.17, 15) is 19.2 Å². The molecule has 0 heterocycles. The maximum Gasteiger partial charge on any atom is 0.330 e. The predicted octanol–water partition coefficient (Wildman–Crippen LogP) is 1.62. The Morgan fingerprint density at radius 3 is 1.90 bits per heavy atom. The Morgan fingerprint density at radius 2 is 1.67 bits per heavy atom. The molecular formula is C14H20O7. The Morgan fingerprint density at radius 1 is 1.14 bits per heavy atom. The van der Waals surface area contributed by atoms with Crippen molar-refractivity contribution in [1.82, 2.24) is 0 Å². The van der Waals surface area contributed by atoms with Gasteiger partial charge in [0.2, 0.25) is 0 Å². The van der Waals surface area contributed by atoms with Crippen molar-refractivity contribution in [3.63, 3.8) is 0 Å². The molecule has 0 aliphatic carbocycles. The van der Waals surface area contributed by atoms with E-state index in [0.29, 0.717) is 0 Å². The van der Waals surface area contributed by atoms with Gasteiger partial charge in [0.15, 0.2) is 11.9 Å². The minimum atomic E-state index is -1.11. The zero-order valence-electron chi connectivity index (χ0n) is 12.4. The second kappa shape index (κ2) is 11.4. The number of carbonyl (C=O) groups excluding carboxylic acids is 3. The van der Waals surface area contributed by atoms with E-state index in [2.05, 4.69) is 17.9 Å². The third kappa shape index (κ3) is 13.8. The van der Waals surface area contributed by atoms with E-state index >= 15 is 0 Å². The minimum Gasteiger partial charge on any atom is -0.478 e. The average Bonchev–Trinajstić information content (AvgIpc) is 2.33. The molecule has 7 nitrogen and oxygen atoms in total. The van der Waals surface area contributed by atoms with Gasteiger partial charge in [-0.15, -0.1) is 0 Å². The Balaban J connectivity index is 0. The van der Waals surface area contributed by atoms with Crippen LogP contribution < -0.4 is 0 Å². The molecule has 0 rings (SSSR count). The van der Waals surface area contributed by atoms with Crippen LogP contribution in [0.15, 0.2) is 25.0 Å². The van der Waals surface area contributed by atoms with Crippen LogP contribution in [0.2, 0.25) is 0 Å². The molecule has 21 heavy (non-hydrogen) atoms. The van der Waals surface area contributed by atoms with Gasteiger partial charge in [-0.2, -0.15) is 0 Å². The van der Waals surface area contributed by atoms with Crippen LogP contribution in [0.1, 0.15) is 33.6 Å². The fourth-order valence-electron chi connectivity index (χ4n) is 1.08. The van der Waals surface area contributed by atoms with Crippen LogP contribution in [0, 0.1) is 0 Å². The fourth-order valence-corrected chi connectivity index (χ4v) is 1.08. The molecule has 0 aromatic heterocycles. The number of rotatable bonds is 7. The number of carboxylic acids is 1. The molecule has 118 valence electrons. The van der Waals surface area contributed by atoms with E-state index < -0.39 is 18.0 Å². The largest absolute Gasteiger partial charge is 0.478 e. The van der Waals surface area contributed by atoms with Gasteiger partial charge >= 0.3 is 17.9 Å². The van der Waals surface area contributed by atoms with Crippen LogP contribution in [-0.2, 0) is 28.7 Å². The molecule has 7 heteroatoms. The van der Waals surface area contributed by atoms with E-state index in [4.69, 9.17) is 9.84 Å². The summed E-state index contributed by atoms with van der Waals surface area (Å²) in [5.41, 5.74) is -0.00611. The van der Waals surface area contributed by atoms with E-state index in [-0.39, 0.29) is 30.2 Å². The molecule has 0 aromatic carbocycles. The van der Waals surface area contributed by atoms with E-state index in [1.165, 1.54) is 20.8 Å². The normalized spacial score (nSPS) is 10.2. The Bertz CT molecular complexity index is 423. The zero-order chi connectivity index (χ0) is 17.0. The monoisotopic (exact) mass is 300 g/mol. The van der Waals surface area contributed by atoms with Crippen LogP contribution in [0.4, 0.5) is 0 Å². The molecule has 0 spiro atoms.